The van der Waals surface area contributed by atoms with Crippen molar-refractivity contribution in [3.05, 3.63) is 34.9 Å². The minimum atomic E-state index is -0.945. The molecular formula is C15H18ClN3O5. The van der Waals surface area contributed by atoms with E-state index in [9.17, 15) is 19.2 Å². The van der Waals surface area contributed by atoms with Crippen molar-refractivity contribution >= 4 is 35.3 Å². The molecule has 0 aliphatic carbocycles. The highest BCUT2D eigenvalue weighted by Crippen LogP contribution is 2.09. The predicted octanol–water partition coefficient (Wildman–Crippen LogP) is -0.136. The van der Waals surface area contributed by atoms with E-state index in [-0.39, 0.29) is 12.5 Å². The number of esters is 1. The summed E-state index contributed by atoms with van der Waals surface area (Å²) in [7, 11) is 1.43. The molecule has 0 aromatic heterocycles. The van der Waals surface area contributed by atoms with Gasteiger partial charge in [0.05, 0.1) is 6.54 Å². The third-order valence-corrected chi connectivity index (χ3v) is 3.13. The topological polar surface area (TPSA) is 114 Å². The van der Waals surface area contributed by atoms with Crippen LogP contribution in [0.4, 0.5) is 0 Å². The Morgan fingerprint density at radius 1 is 1.12 bits per heavy atom. The average molecular weight is 356 g/mol. The summed E-state index contributed by atoms with van der Waals surface area (Å²) in [5, 5.41) is 7.53. The van der Waals surface area contributed by atoms with Crippen LogP contribution in [-0.4, -0.2) is 49.9 Å². The van der Waals surface area contributed by atoms with E-state index >= 15 is 0 Å². The van der Waals surface area contributed by atoms with Crippen LogP contribution in [0, 0.1) is 0 Å². The first-order chi connectivity index (χ1) is 11.3. The SMILES string of the molecule is CNC(=O)CNC(=O)COC(=O)[C@H](C)NC(=O)c1ccc(Cl)cc1. The quantitative estimate of drug-likeness (QED) is 0.589. The minimum Gasteiger partial charge on any atom is -0.454 e. The molecule has 130 valence electrons. The number of hydrogen-bond donors (Lipinski definition) is 3. The maximum atomic E-state index is 11.9. The molecule has 0 bridgehead atoms. The van der Waals surface area contributed by atoms with Crippen molar-refractivity contribution in [2.24, 2.45) is 0 Å². The van der Waals surface area contributed by atoms with Crippen LogP contribution in [0.15, 0.2) is 24.3 Å². The average Bonchev–Trinajstić information content (AvgIpc) is 2.57. The van der Waals surface area contributed by atoms with Gasteiger partial charge in [0, 0.05) is 17.6 Å². The Morgan fingerprint density at radius 2 is 1.75 bits per heavy atom. The Hall–Kier alpha value is -2.61. The van der Waals surface area contributed by atoms with Crippen LogP contribution in [-0.2, 0) is 19.1 Å². The van der Waals surface area contributed by atoms with Crippen LogP contribution in [0.3, 0.4) is 0 Å². The minimum absolute atomic E-state index is 0.213. The molecule has 0 saturated heterocycles. The molecule has 1 aromatic rings. The fourth-order valence-corrected chi connectivity index (χ4v) is 1.65. The molecule has 8 nitrogen and oxygen atoms in total. The normalized spacial score (nSPS) is 11.1. The third-order valence-electron chi connectivity index (χ3n) is 2.88. The van der Waals surface area contributed by atoms with Crippen molar-refractivity contribution in [2.45, 2.75) is 13.0 Å². The summed E-state index contributed by atoms with van der Waals surface area (Å²) in [5.74, 6) is -2.24. The second-order valence-corrected chi connectivity index (χ2v) is 5.20. The maximum absolute atomic E-state index is 11.9. The molecule has 9 heteroatoms. The molecule has 1 aromatic carbocycles. The van der Waals surface area contributed by atoms with Gasteiger partial charge in [-0.1, -0.05) is 11.6 Å². The van der Waals surface area contributed by atoms with Crippen LogP contribution >= 0.6 is 11.6 Å². The van der Waals surface area contributed by atoms with E-state index < -0.39 is 30.4 Å². The largest absolute Gasteiger partial charge is 0.454 e. The Kier molecular flexibility index (Phi) is 7.70. The molecule has 0 spiro atoms. The lowest BCUT2D eigenvalue weighted by molar-refractivity contribution is -0.150. The van der Waals surface area contributed by atoms with Crippen molar-refractivity contribution in [3.63, 3.8) is 0 Å². The van der Waals surface area contributed by atoms with Gasteiger partial charge in [-0.25, -0.2) is 4.79 Å². The maximum Gasteiger partial charge on any atom is 0.328 e. The Balaban J connectivity index is 2.39. The zero-order valence-corrected chi connectivity index (χ0v) is 14.0. The van der Waals surface area contributed by atoms with E-state index in [0.29, 0.717) is 10.6 Å². The van der Waals surface area contributed by atoms with E-state index in [4.69, 9.17) is 16.3 Å². The van der Waals surface area contributed by atoms with Crippen LogP contribution < -0.4 is 16.0 Å². The van der Waals surface area contributed by atoms with Gasteiger partial charge in [0.15, 0.2) is 6.61 Å². The van der Waals surface area contributed by atoms with E-state index in [1.807, 2.05) is 0 Å². The summed E-state index contributed by atoms with van der Waals surface area (Å²) < 4.78 is 4.77. The number of amides is 3. The lowest BCUT2D eigenvalue weighted by Gasteiger charge is -2.13. The van der Waals surface area contributed by atoms with E-state index in [1.54, 1.807) is 12.1 Å². The Bertz CT molecular complexity index is 618. The zero-order chi connectivity index (χ0) is 18.1. The molecule has 0 aliphatic rings. The number of ether oxygens (including phenoxy) is 1. The lowest BCUT2D eigenvalue weighted by Crippen LogP contribution is -2.42. The third kappa shape index (κ3) is 6.66. The fraction of sp³-hybridized carbons (Fsp3) is 0.333. The Labute approximate surface area is 143 Å². The van der Waals surface area contributed by atoms with Gasteiger partial charge in [-0.3, -0.25) is 14.4 Å². The van der Waals surface area contributed by atoms with Crippen molar-refractivity contribution in [1.82, 2.24) is 16.0 Å². The van der Waals surface area contributed by atoms with Gasteiger partial charge in [0.2, 0.25) is 5.91 Å². The van der Waals surface area contributed by atoms with Crippen molar-refractivity contribution in [1.29, 1.82) is 0 Å². The number of rotatable bonds is 7. The number of nitrogens with one attached hydrogen (secondary N) is 3. The number of carbonyl (C=O) groups is 4. The van der Waals surface area contributed by atoms with Gasteiger partial charge in [-0.2, -0.15) is 0 Å². The molecule has 0 fully saturated rings. The fourth-order valence-electron chi connectivity index (χ4n) is 1.52. The molecule has 0 radical (unpaired) electrons. The first kappa shape index (κ1) is 19.4. The smallest absolute Gasteiger partial charge is 0.328 e. The number of halogens is 1. The Morgan fingerprint density at radius 3 is 2.33 bits per heavy atom. The van der Waals surface area contributed by atoms with Crippen molar-refractivity contribution in [2.75, 3.05) is 20.2 Å². The van der Waals surface area contributed by atoms with E-state index in [0.717, 1.165) is 0 Å². The lowest BCUT2D eigenvalue weighted by atomic mass is 10.2. The molecule has 1 atom stereocenters. The summed E-state index contributed by atoms with van der Waals surface area (Å²) in [6, 6.07) is 5.19. The van der Waals surface area contributed by atoms with E-state index in [2.05, 4.69) is 16.0 Å². The summed E-state index contributed by atoms with van der Waals surface area (Å²) in [5.41, 5.74) is 0.336. The summed E-state index contributed by atoms with van der Waals surface area (Å²) >= 11 is 5.73. The second-order valence-electron chi connectivity index (χ2n) is 4.76. The standard InChI is InChI=1S/C15H18ClN3O5/c1-9(19-14(22)10-3-5-11(16)6-4-10)15(23)24-8-13(21)18-7-12(20)17-2/h3-6,9H,7-8H2,1-2H3,(H,17,20)(H,18,21)(H,19,22)/t9-/m0/s1. The van der Waals surface area contributed by atoms with Gasteiger partial charge in [-0.15, -0.1) is 0 Å². The van der Waals surface area contributed by atoms with Crippen molar-refractivity contribution in [3.8, 4) is 0 Å². The predicted molar refractivity (Wildman–Crippen MR) is 86.4 cm³/mol. The molecule has 3 amide bonds. The monoisotopic (exact) mass is 355 g/mol. The zero-order valence-electron chi connectivity index (χ0n) is 13.2. The number of carbonyl (C=O) groups excluding carboxylic acids is 4. The van der Waals surface area contributed by atoms with Gasteiger partial charge in [0.25, 0.3) is 11.8 Å². The van der Waals surface area contributed by atoms with Gasteiger partial charge >= 0.3 is 5.97 Å². The van der Waals surface area contributed by atoms with Gasteiger partial charge in [-0.05, 0) is 31.2 Å². The number of likely N-dealkylation sites (N-methyl/N-ethyl adjacent to an activating group) is 1. The highest BCUT2D eigenvalue weighted by atomic mass is 35.5. The molecule has 0 heterocycles. The highest BCUT2D eigenvalue weighted by Gasteiger charge is 2.19. The van der Waals surface area contributed by atoms with E-state index in [1.165, 1.54) is 26.1 Å². The van der Waals surface area contributed by atoms with Crippen LogP contribution in [0.5, 0.6) is 0 Å². The van der Waals surface area contributed by atoms with Crippen LogP contribution in [0.2, 0.25) is 5.02 Å². The number of hydrogen-bond acceptors (Lipinski definition) is 5. The summed E-state index contributed by atoms with van der Waals surface area (Å²) in [6.07, 6.45) is 0. The molecule has 0 unspecified atom stereocenters. The first-order valence-corrected chi connectivity index (χ1v) is 7.41. The molecule has 24 heavy (non-hydrogen) atoms. The molecular weight excluding hydrogens is 338 g/mol. The molecule has 3 N–H and O–H groups in total. The van der Waals surface area contributed by atoms with Crippen molar-refractivity contribution < 1.29 is 23.9 Å². The molecule has 0 aliphatic heterocycles. The summed E-state index contributed by atoms with van der Waals surface area (Å²) in [4.78, 5) is 46.0. The molecule has 1 rings (SSSR count). The van der Waals surface area contributed by atoms with Crippen LogP contribution in [0.1, 0.15) is 17.3 Å². The molecule has 0 saturated carbocycles. The summed E-state index contributed by atoms with van der Waals surface area (Å²) in [6.45, 7) is 0.672. The highest BCUT2D eigenvalue weighted by molar-refractivity contribution is 6.30. The first-order valence-electron chi connectivity index (χ1n) is 7.04. The second kappa shape index (κ2) is 9.51. The number of benzene rings is 1. The van der Waals surface area contributed by atoms with Gasteiger partial charge in [0.1, 0.15) is 6.04 Å². The van der Waals surface area contributed by atoms with Crippen LogP contribution in [0.25, 0.3) is 0 Å². The van der Waals surface area contributed by atoms with Gasteiger partial charge < -0.3 is 20.7 Å².